The number of unbranched alkanes of at least 4 members (excludes halogenated alkanes) is 2. The summed E-state index contributed by atoms with van der Waals surface area (Å²) in [7, 11) is 0. The van der Waals surface area contributed by atoms with E-state index in [0.29, 0.717) is 6.61 Å². The van der Waals surface area contributed by atoms with Gasteiger partial charge in [0, 0.05) is 16.6 Å². The molecule has 0 aliphatic heterocycles. The second-order valence-corrected chi connectivity index (χ2v) is 6.47. The lowest BCUT2D eigenvalue weighted by Gasteiger charge is -2.13. The predicted octanol–water partition coefficient (Wildman–Crippen LogP) is 5.45. The molecule has 2 nitrogen and oxygen atoms in total. The lowest BCUT2D eigenvalue weighted by atomic mass is 10.2. The summed E-state index contributed by atoms with van der Waals surface area (Å²) in [4.78, 5) is 0. The summed E-state index contributed by atoms with van der Waals surface area (Å²) >= 11 is 3.51. The Kier molecular flexibility index (Phi) is 7.56. The highest BCUT2D eigenvalue weighted by atomic mass is 79.9. The Bertz CT molecular complexity index is 601. The van der Waals surface area contributed by atoms with Gasteiger partial charge in [-0.3, -0.25) is 0 Å². The third-order valence-corrected chi connectivity index (χ3v) is 4.10. The summed E-state index contributed by atoms with van der Waals surface area (Å²) in [5.74, 6) is 0.634. The Morgan fingerprint density at radius 3 is 2.61 bits per heavy atom. The number of ether oxygens (including phenoxy) is 1. The van der Waals surface area contributed by atoms with Gasteiger partial charge in [-0.05, 0) is 48.9 Å². The van der Waals surface area contributed by atoms with Crippen molar-refractivity contribution in [3.63, 3.8) is 0 Å². The minimum absolute atomic E-state index is 0.227. The minimum Gasteiger partial charge on any atom is -0.489 e. The van der Waals surface area contributed by atoms with Crippen LogP contribution < -0.4 is 10.1 Å². The van der Waals surface area contributed by atoms with Gasteiger partial charge < -0.3 is 10.1 Å². The molecule has 0 fully saturated rings. The van der Waals surface area contributed by atoms with Crippen LogP contribution in [0.3, 0.4) is 0 Å². The number of nitrogens with one attached hydrogen (secondary N) is 1. The van der Waals surface area contributed by atoms with Crippen molar-refractivity contribution in [3.8, 4) is 5.75 Å². The molecule has 0 amide bonds. The maximum Gasteiger partial charge on any atom is 0.124 e. The zero-order valence-corrected chi connectivity index (χ0v) is 15.0. The van der Waals surface area contributed by atoms with Crippen molar-refractivity contribution in [1.82, 2.24) is 5.32 Å². The van der Waals surface area contributed by atoms with Crippen LogP contribution in [0.5, 0.6) is 5.75 Å². The zero-order chi connectivity index (χ0) is 16.5. The van der Waals surface area contributed by atoms with Gasteiger partial charge in [0.1, 0.15) is 18.2 Å². The molecule has 0 aliphatic rings. The first kappa shape index (κ1) is 18.0. The maximum absolute atomic E-state index is 12.9. The number of halogens is 2. The quantitative estimate of drug-likeness (QED) is 0.585. The van der Waals surface area contributed by atoms with E-state index in [4.69, 9.17) is 4.74 Å². The molecule has 0 unspecified atom stereocenters. The Morgan fingerprint density at radius 2 is 1.87 bits per heavy atom. The van der Waals surface area contributed by atoms with E-state index >= 15 is 0 Å². The van der Waals surface area contributed by atoms with Crippen molar-refractivity contribution in [2.24, 2.45) is 0 Å². The highest BCUT2D eigenvalue weighted by Gasteiger charge is 2.05. The van der Waals surface area contributed by atoms with Gasteiger partial charge in [0.25, 0.3) is 0 Å². The van der Waals surface area contributed by atoms with Gasteiger partial charge in [0.15, 0.2) is 0 Å². The molecule has 2 rings (SSSR count). The third kappa shape index (κ3) is 6.32. The van der Waals surface area contributed by atoms with Crippen LogP contribution in [0.1, 0.15) is 37.3 Å². The number of hydrogen-bond donors (Lipinski definition) is 1. The van der Waals surface area contributed by atoms with E-state index in [1.807, 2.05) is 12.1 Å². The lowest BCUT2D eigenvalue weighted by molar-refractivity contribution is 0.302. The SMILES string of the molecule is CCCCCNCc1cc(Br)ccc1OCc1ccc(F)cc1. The average Bonchev–Trinajstić information content (AvgIpc) is 2.55. The monoisotopic (exact) mass is 379 g/mol. The smallest absolute Gasteiger partial charge is 0.124 e. The van der Waals surface area contributed by atoms with Crippen LogP contribution in [0.15, 0.2) is 46.9 Å². The molecule has 2 aromatic carbocycles. The molecule has 0 aliphatic carbocycles. The van der Waals surface area contributed by atoms with Gasteiger partial charge in [-0.15, -0.1) is 0 Å². The highest BCUT2D eigenvalue weighted by molar-refractivity contribution is 9.10. The van der Waals surface area contributed by atoms with Crippen LogP contribution in [0.4, 0.5) is 4.39 Å². The maximum atomic E-state index is 12.9. The molecule has 124 valence electrons. The van der Waals surface area contributed by atoms with E-state index in [1.54, 1.807) is 12.1 Å². The van der Waals surface area contributed by atoms with E-state index in [1.165, 1.54) is 31.4 Å². The normalized spacial score (nSPS) is 10.7. The van der Waals surface area contributed by atoms with Crippen LogP contribution in [-0.2, 0) is 13.2 Å². The van der Waals surface area contributed by atoms with Crippen LogP contribution in [-0.4, -0.2) is 6.54 Å². The van der Waals surface area contributed by atoms with E-state index in [9.17, 15) is 4.39 Å². The summed E-state index contributed by atoms with van der Waals surface area (Å²) in [5.41, 5.74) is 2.08. The Labute approximate surface area is 146 Å². The van der Waals surface area contributed by atoms with Crippen LogP contribution in [0.25, 0.3) is 0 Å². The molecular weight excluding hydrogens is 357 g/mol. The van der Waals surface area contributed by atoms with Crippen molar-refractivity contribution in [1.29, 1.82) is 0 Å². The van der Waals surface area contributed by atoms with E-state index < -0.39 is 0 Å². The molecule has 1 N–H and O–H groups in total. The Balaban J connectivity index is 1.93. The molecule has 0 spiro atoms. The van der Waals surface area contributed by atoms with Crippen LogP contribution >= 0.6 is 15.9 Å². The molecular formula is C19H23BrFNO. The van der Waals surface area contributed by atoms with Crippen LogP contribution in [0.2, 0.25) is 0 Å². The highest BCUT2D eigenvalue weighted by Crippen LogP contribution is 2.24. The summed E-state index contributed by atoms with van der Waals surface area (Å²) in [6.45, 7) is 4.43. The molecule has 2 aromatic rings. The number of hydrogen-bond acceptors (Lipinski definition) is 2. The third-order valence-electron chi connectivity index (χ3n) is 3.60. The standard InChI is InChI=1S/C19H23BrFNO/c1-2-3-4-11-22-13-16-12-17(20)7-10-19(16)23-14-15-5-8-18(21)9-6-15/h5-10,12,22H,2-4,11,13-14H2,1H3. The summed E-state index contributed by atoms with van der Waals surface area (Å²) < 4.78 is 19.9. The average molecular weight is 380 g/mol. The van der Waals surface area contributed by atoms with Gasteiger partial charge in [-0.1, -0.05) is 47.8 Å². The summed E-state index contributed by atoms with van der Waals surface area (Å²) in [6, 6.07) is 12.4. The molecule has 0 radical (unpaired) electrons. The van der Waals surface area contributed by atoms with Crippen molar-refractivity contribution < 1.29 is 9.13 Å². The fourth-order valence-corrected chi connectivity index (χ4v) is 2.70. The van der Waals surface area contributed by atoms with Crippen molar-refractivity contribution in [2.45, 2.75) is 39.3 Å². The van der Waals surface area contributed by atoms with E-state index in [0.717, 1.165) is 34.4 Å². The molecule has 23 heavy (non-hydrogen) atoms. The lowest BCUT2D eigenvalue weighted by Crippen LogP contribution is -2.15. The minimum atomic E-state index is -0.227. The molecule has 0 atom stereocenters. The first-order chi connectivity index (χ1) is 11.2. The number of rotatable bonds is 9. The number of benzene rings is 2. The predicted molar refractivity (Wildman–Crippen MR) is 96.1 cm³/mol. The second-order valence-electron chi connectivity index (χ2n) is 5.55. The molecule has 0 saturated carbocycles. The van der Waals surface area contributed by atoms with Gasteiger partial charge in [-0.2, -0.15) is 0 Å². The topological polar surface area (TPSA) is 21.3 Å². The van der Waals surface area contributed by atoms with Gasteiger partial charge in [-0.25, -0.2) is 4.39 Å². The van der Waals surface area contributed by atoms with Crippen molar-refractivity contribution >= 4 is 15.9 Å². The second kappa shape index (κ2) is 9.68. The van der Waals surface area contributed by atoms with Gasteiger partial charge >= 0.3 is 0 Å². The largest absolute Gasteiger partial charge is 0.489 e. The van der Waals surface area contributed by atoms with Crippen molar-refractivity contribution in [3.05, 3.63) is 63.9 Å². The van der Waals surface area contributed by atoms with E-state index in [2.05, 4.69) is 34.2 Å². The fraction of sp³-hybridized carbons (Fsp3) is 0.368. The Hall–Kier alpha value is -1.39. The molecule has 0 heterocycles. The molecule has 0 bridgehead atoms. The van der Waals surface area contributed by atoms with Crippen LogP contribution in [0, 0.1) is 5.82 Å². The summed E-state index contributed by atoms with van der Waals surface area (Å²) in [5, 5.41) is 3.46. The molecule has 0 aromatic heterocycles. The Morgan fingerprint density at radius 1 is 1.09 bits per heavy atom. The van der Waals surface area contributed by atoms with Gasteiger partial charge in [0.05, 0.1) is 0 Å². The zero-order valence-electron chi connectivity index (χ0n) is 13.4. The van der Waals surface area contributed by atoms with E-state index in [-0.39, 0.29) is 5.82 Å². The first-order valence-corrected chi connectivity index (χ1v) is 8.84. The fourth-order valence-electron chi connectivity index (χ4n) is 2.29. The summed E-state index contributed by atoms with van der Waals surface area (Å²) in [6.07, 6.45) is 3.67. The molecule has 0 saturated heterocycles. The first-order valence-electron chi connectivity index (χ1n) is 8.05. The van der Waals surface area contributed by atoms with Gasteiger partial charge in [0.2, 0.25) is 0 Å². The molecule has 4 heteroatoms. The van der Waals surface area contributed by atoms with Crippen molar-refractivity contribution in [2.75, 3.05) is 6.54 Å².